The summed E-state index contributed by atoms with van der Waals surface area (Å²) in [5.41, 5.74) is 1.63. The Morgan fingerprint density at radius 3 is 2.38 bits per heavy atom. The molecule has 0 amide bonds. The van der Waals surface area contributed by atoms with Crippen molar-refractivity contribution in [1.82, 2.24) is 4.98 Å². The molecule has 0 aliphatic carbocycles. The second kappa shape index (κ2) is 5.81. The quantitative estimate of drug-likeness (QED) is 0.797. The molecule has 2 rings (SSSR count). The minimum Gasteiger partial charge on any atom is -0.481 e. The van der Waals surface area contributed by atoms with E-state index in [4.69, 9.17) is 14.0 Å². The van der Waals surface area contributed by atoms with E-state index in [0.717, 1.165) is 12.0 Å². The molecule has 1 aliphatic heterocycles. The Balaban J connectivity index is 2.16. The average Bonchev–Trinajstić information content (AvgIpc) is 2.64. The molecule has 4 nitrogen and oxygen atoms in total. The molecule has 5 heteroatoms. The largest absolute Gasteiger partial charge is 0.487 e. The Kier molecular flexibility index (Phi) is 4.44. The number of ether oxygens (including phenoxy) is 1. The van der Waals surface area contributed by atoms with Crippen molar-refractivity contribution in [1.29, 1.82) is 0 Å². The first kappa shape index (κ1) is 16.1. The van der Waals surface area contributed by atoms with E-state index in [1.165, 1.54) is 5.56 Å². The summed E-state index contributed by atoms with van der Waals surface area (Å²) in [6, 6.07) is 1.96. The topological polar surface area (TPSA) is 40.6 Å². The third-order valence-corrected chi connectivity index (χ3v) is 4.29. The van der Waals surface area contributed by atoms with Crippen LogP contribution in [0.3, 0.4) is 0 Å². The number of rotatable bonds is 4. The predicted molar refractivity (Wildman–Crippen MR) is 85.3 cm³/mol. The first-order valence-electron chi connectivity index (χ1n) is 7.36. The molecule has 21 heavy (non-hydrogen) atoms. The summed E-state index contributed by atoms with van der Waals surface area (Å²) < 4.78 is 17.1. The number of methoxy groups -OCH3 is 1. The molecule has 114 valence electrons. The highest BCUT2D eigenvalue weighted by molar-refractivity contribution is 6.52. The van der Waals surface area contributed by atoms with Crippen molar-refractivity contribution in [2.24, 2.45) is 0 Å². The molecule has 0 atom stereocenters. The van der Waals surface area contributed by atoms with Gasteiger partial charge in [-0.15, -0.1) is 0 Å². The highest BCUT2D eigenvalue weighted by Crippen LogP contribution is 2.37. The molecule has 1 aromatic heterocycles. The Morgan fingerprint density at radius 2 is 1.86 bits per heavy atom. The van der Waals surface area contributed by atoms with E-state index in [0.29, 0.717) is 5.88 Å². The number of hydrogen-bond donors (Lipinski definition) is 0. The van der Waals surface area contributed by atoms with E-state index in [9.17, 15) is 0 Å². The van der Waals surface area contributed by atoms with Crippen molar-refractivity contribution >= 4 is 13.2 Å². The summed E-state index contributed by atoms with van der Waals surface area (Å²) in [7, 11) is 1.29. The second-order valence-corrected chi connectivity index (χ2v) is 6.26. The van der Waals surface area contributed by atoms with Gasteiger partial charge in [-0.05, 0) is 45.2 Å². The number of hydrogen-bond acceptors (Lipinski definition) is 4. The summed E-state index contributed by atoms with van der Waals surface area (Å²) in [6.07, 6.45) is 4.74. The van der Waals surface area contributed by atoms with Crippen LogP contribution in [-0.4, -0.2) is 30.4 Å². The van der Waals surface area contributed by atoms with Gasteiger partial charge in [-0.2, -0.15) is 0 Å². The third kappa shape index (κ3) is 3.30. The van der Waals surface area contributed by atoms with Gasteiger partial charge >= 0.3 is 7.12 Å². The summed E-state index contributed by atoms with van der Waals surface area (Å²) in [5, 5.41) is 0. The molecular weight excluding hydrogens is 265 g/mol. The molecule has 0 N–H and O–H groups in total. The van der Waals surface area contributed by atoms with Gasteiger partial charge in [-0.25, -0.2) is 4.98 Å². The van der Waals surface area contributed by atoms with Crippen LogP contribution in [0.15, 0.2) is 18.2 Å². The maximum Gasteiger partial charge on any atom is 0.487 e. The van der Waals surface area contributed by atoms with Crippen LogP contribution in [0.2, 0.25) is 0 Å². The number of pyridine rings is 1. The van der Waals surface area contributed by atoms with Crippen LogP contribution in [0, 0.1) is 0 Å². The van der Waals surface area contributed by atoms with E-state index < -0.39 is 0 Å². The smallest absolute Gasteiger partial charge is 0.481 e. The molecule has 1 saturated heterocycles. The number of aromatic nitrogens is 1. The molecule has 0 unspecified atom stereocenters. The van der Waals surface area contributed by atoms with Gasteiger partial charge in [0.15, 0.2) is 0 Å². The minimum absolute atomic E-state index is 0.312. The fourth-order valence-electron chi connectivity index (χ4n) is 2.20. The van der Waals surface area contributed by atoms with E-state index in [2.05, 4.69) is 11.9 Å². The Morgan fingerprint density at radius 1 is 1.24 bits per heavy atom. The molecule has 0 spiro atoms. The van der Waals surface area contributed by atoms with Gasteiger partial charge in [0.1, 0.15) is 0 Å². The van der Waals surface area contributed by atoms with Crippen molar-refractivity contribution < 1.29 is 14.0 Å². The van der Waals surface area contributed by atoms with Crippen LogP contribution in [0.1, 0.15) is 45.7 Å². The molecule has 1 aliphatic rings. The molecule has 0 bridgehead atoms. The lowest BCUT2D eigenvalue weighted by atomic mass is 9.88. The lowest BCUT2D eigenvalue weighted by Crippen LogP contribution is -2.41. The first-order chi connectivity index (χ1) is 9.79. The van der Waals surface area contributed by atoms with Crippen LogP contribution >= 0.6 is 0 Å². The Bertz CT molecular complexity index is 524. The van der Waals surface area contributed by atoms with E-state index >= 15 is 0 Å². The molecular formula is C16H24BNO3. The molecule has 0 radical (unpaired) electrons. The second-order valence-electron chi connectivity index (χ2n) is 6.26. The fourth-order valence-corrected chi connectivity index (χ4v) is 2.20. The maximum atomic E-state index is 5.95. The van der Waals surface area contributed by atoms with Crippen LogP contribution in [-0.2, 0) is 15.7 Å². The molecule has 1 aromatic rings. The normalized spacial score (nSPS) is 20.2. The highest BCUT2D eigenvalue weighted by atomic mass is 16.7. The lowest BCUT2D eigenvalue weighted by molar-refractivity contribution is 0.00578. The SMILES string of the molecule is CCc1cc(OC)ncc1/C=C/B1OC(C)(C)C(C)(C)O1. The molecule has 0 aromatic carbocycles. The third-order valence-electron chi connectivity index (χ3n) is 4.29. The Hall–Kier alpha value is -1.33. The van der Waals surface area contributed by atoms with Gasteiger partial charge < -0.3 is 14.0 Å². The van der Waals surface area contributed by atoms with E-state index in [1.807, 2.05) is 52.0 Å². The van der Waals surface area contributed by atoms with Crippen molar-refractivity contribution in [3.63, 3.8) is 0 Å². The molecule has 0 saturated carbocycles. The highest BCUT2D eigenvalue weighted by Gasteiger charge is 2.49. The van der Waals surface area contributed by atoms with Gasteiger partial charge in [0.05, 0.1) is 18.3 Å². The average molecular weight is 289 g/mol. The Labute approximate surface area is 127 Å². The van der Waals surface area contributed by atoms with E-state index in [-0.39, 0.29) is 18.3 Å². The van der Waals surface area contributed by atoms with Gasteiger partial charge in [0.2, 0.25) is 5.88 Å². The summed E-state index contributed by atoms with van der Waals surface area (Å²) in [5.74, 6) is 2.58. The zero-order valence-electron chi connectivity index (χ0n) is 13.8. The van der Waals surface area contributed by atoms with Crippen LogP contribution < -0.4 is 4.74 Å². The van der Waals surface area contributed by atoms with Crippen molar-refractivity contribution in [3.05, 3.63) is 29.4 Å². The molecule has 1 fully saturated rings. The zero-order chi connectivity index (χ0) is 15.7. The maximum absolute atomic E-state index is 5.95. The molecule has 2 heterocycles. The van der Waals surface area contributed by atoms with Gasteiger partial charge in [0.25, 0.3) is 0 Å². The van der Waals surface area contributed by atoms with Crippen molar-refractivity contribution in [3.8, 4) is 5.88 Å². The number of nitrogens with zero attached hydrogens (tertiary/aromatic N) is 1. The summed E-state index contributed by atoms with van der Waals surface area (Å²) in [4.78, 5) is 4.25. The van der Waals surface area contributed by atoms with E-state index in [1.54, 1.807) is 7.11 Å². The van der Waals surface area contributed by atoms with Crippen LogP contribution in [0.5, 0.6) is 5.88 Å². The van der Waals surface area contributed by atoms with Gasteiger partial charge in [-0.3, -0.25) is 0 Å². The standard InChI is InChI=1S/C16H24BNO3/c1-7-12-10-14(19-6)18-11-13(12)8-9-17-20-15(2,3)16(4,5)21-17/h8-11H,7H2,1-6H3/b9-8+. The van der Waals surface area contributed by atoms with Crippen LogP contribution in [0.25, 0.3) is 6.08 Å². The fraction of sp³-hybridized carbons (Fsp3) is 0.562. The van der Waals surface area contributed by atoms with Crippen LogP contribution in [0.4, 0.5) is 0 Å². The van der Waals surface area contributed by atoms with Crippen molar-refractivity contribution in [2.45, 2.75) is 52.2 Å². The number of aryl methyl sites for hydroxylation is 1. The zero-order valence-corrected chi connectivity index (χ0v) is 13.8. The van der Waals surface area contributed by atoms with Gasteiger partial charge in [-0.1, -0.05) is 19.0 Å². The first-order valence-corrected chi connectivity index (χ1v) is 7.36. The van der Waals surface area contributed by atoms with Gasteiger partial charge in [0, 0.05) is 12.3 Å². The summed E-state index contributed by atoms with van der Waals surface area (Å²) >= 11 is 0. The van der Waals surface area contributed by atoms with Crippen molar-refractivity contribution in [2.75, 3.05) is 7.11 Å². The lowest BCUT2D eigenvalue weighted by Gasteiger charge is -2.32. The minimum atomic E-state index is -0.332. The predicted octanol–water partition coefficient (Wildman–Crippen LogP) is 3.30. The monoisotopic (exact) mass is 289 g/mol. The summed E-state index contributed by atoms with van der Waals surface area (Å²) in [6.45, 7) is 10.3.